The van der Waals surface area contributed by atoms with Crippen LogP contribution in [0, 0.1) is 5.82 Å². The van der Waals surface area contributed by atoms with Gasteiger partial charge in [-0.1, -0.05) is 18.2 Å². The Morgan fingerprint density at radius 3 is 2.53 bits per heavy atom. The summed E-state index contributed by atoms with van der Waals surface area (Å²) in [6, 6.07) is 10.8. The van der Waals surface area contributed by atoms with Crippen LogP contribution in [0.1, 0.15) is 17.2 Å². The summed E-state index contributed by atoms with van der Waals surface area (Å²) >= 11 is 0. The number of likely N-dealkylation sites (N-methyl/N-ethyl adjacent to an activating group) is 1. The van der Waals surface area contributed by atoms with Crippen molar-refractivity contribution in [3.05, 3.63) is 65.7 Å². The molecule has 0 saturated carbocycles. The van der Waals surface area contributed by atoms with E-state index < -0.39 is 0 Å². The predicted molar refractivity (Wildman–Crippen MR) is 73.9 cm³/mol. The topological polar surface area (TPSA) is 42.1 Å². The van der Waals surface area contributed by atoms with Crippen molar-refractivity contribution < 1.29 is 4.39 Å². The van der Waals surface area contributed by atoms with Crippen molar-refractivity contribution in [1.82, 2.24) is 9.88 Å². The standard InChI is InChI=1S/C15H18FN3/c1-19(11-13-4-2-3-5-14(13)16)15(10-17)12-6-8-18-9-7-12/h2-9,15H,10-11,17H2,1H3. The van der Waals surface area contributed by atoms with Crippen molar-refractivity contribution in [3.63, 3.8) is 0 Å². The molecule has 2 aromatic rings. The Morgan fingerprint density at radius 2 is 1.89 bits per heavy atom. The SMILES string of the molecule is CN(Cc1ccccc1F)C(CN)c1ccncc1. The van der Waals surface area contributed by atoms with Crippen LogP contribution in [0.25, 0.3) is 0 Å². The van der Waals surface area contributed by atoms with E-state index in [4.69, 9.17) is 5.73 Å². The Hall–Kier alpha value is -1.78. The van der Waals surface area contributed by atoms with Gasteiger partial charge < -0.3 is 5.73 Å². The Balaban J connectivity index is 2.14. The lowest BCUT2D eigenvalue weighted by molar-refractivity contribution is 0.238. The number of rotatable bonds is 5. The Labute approximate surface area is 112 Å². The van der Waals surface area contributed by atoms with E-state index in [1.54, 1.807) is 24.5 Å². The van der Waals surface area contributed by atoms with Crippen LogP contribution in [-0.4, -0.2) is 23.5 Å². The Bertz CT molecular complexity index is 516. The van der Waals surface area contributed by atoms with E-state index in [2.05, 4.69) is 4.98 Å². The highest BCUT2D eigenvalue weighted by Gasteiger charge is 2.16. The third kappa shape index (κ3) is 3.36. The van der Waals surface area contributed by atoms with Gasteiger partial charge in [-0.3, -0.25) is 9.88 Å². The second kappa shape index (κ2) is 6.41. The van der Waals surface area contributed by atoms with Crippen molar-refractivity contribution in [2.45, 2.75) is 12.6 Å². The Morgan fingerprint density at radius 1 is 1.21 bits per heavy atom. The minimum absolute atomic E-state index is 0.0580. The van der Waals surface area contributed by atoms with Crippen LogP contribution in [0.2, 0.25) is 0 Å². The second-order valence-corrected chi connectivity index (χ2v) is 4.54. The zero-order chi connectivity index (χ0) is 13.7. The normalized spacial score (nSPS) is 12.6. The predicted octanol–water partition coefficient (Wildman–Crippen LogP) is 2.35. The van der Waals surface area contributed by atoms with Gasteiger partial charge in [0.1, 0.15) is 5.82 Å². The molecule has 3 nitrogen and oxygen atoms in total. The average Bonchev–Trinajstić information content (AvgIpc) is 2.43. The van der Waals surface area contributed by atoms with E-state index in [9.17, 15) is 4.39 Å². The van der Waals surface area contributed by atoms with Crippen LogP contribution in [0.15, 0.2) is 48.8 Å². The molecule has 0 aliphatic rings. The number of benzene rings is 1. The molecule has 1 aromatic carbocycles. The van der Waals surface area contributed by atoms with Crippen LogP contribution in [0.3, 0.4) is 0 Å². The molecule has 100 valence electrons. The fraction of sp³-hybridized carbons (Fsp3) is 0.267. The molecule has 2 N–H and O–H groups in total. The molecule has 1 unspecified atom stereocenters. The number of nitrogens with zero attached hydrogens (tertiary/aromatic N) is 2. The maximum atomic E-state index is 13.7. The molecule has 0 aliphatic heterocycles. The fourth-order valence-electron chi connectivity index (χ4n) is 2.16. The minimum Gasteiger partial charge on any atom is -0.329 e. The third-order valence-corrected chi connectivity index (χ3v) is 3.22. The first-order valence-corrected chi connectivity index (χ1v) is 6.26. The summed E-state index contributed by atoms with van der Waals surface area (Å²) in [4.78, 5) is 6.05. The molecule has 0 bridgehead atoms. The number of pyridine rings is 1. The van der Waals surface area contributed by atoms with Crippen LogP contribution >= 0.6 is 0 Å². The lowest BCUT2D eigenvalue weighted by Gasteiger charge is -2.27. The van der Waals surface area contributed by atoms with E-state index in [-0.39, 0.29) is 11.9 Å². The zero-order valence-corrected chi connectivity index (χ0v) is 11.0. The fourth-order valence-corrected chi connectivity index (χ4v) is 2.16. The number of hydrogen-bond donors (Lipinski definition) is 1. The molecule has 0 spiro atoms. The molecule has 0 aliphatic carbocycles. The van der Waals surface area contributed by atoms with Gasteiger partial charge in [0.05, 0.1) is 0 Å². The van der Waals surface area contributed by atoms with Crippen LogP contribution < -0.4 is 5.73 Å². The van der Waals surface area contributed by atoms with Crippen LogP contribution in [0.4, 0.5) is 4.39 Å². The summed E-state index contributed by atoms with van der Waals surface area (Å²) in [7, 11) is 1.95. The maximum Gasteiger partial charge on any atom is 0.127 e. The first-order chi connectivity index (χ1) is 9.22. The highest BCUT2D eigenvalue weighted by Crippen LogP contribution is 2.20. The van der Waals surface area contributed by atoms with Gasteiger partial charge in [0, 0.05) is 37.1 Å². The summed E-state index contributed by atoms with van der Waals surface area (Å²) in [5.74, 6) is -0.181. The molecule has 0 radical (unpaired) electrons. The van der Waals surface area contributed by atoms with Gasteiger partial charge in [0.2, 0.25) is 0 Å². The van der Waals surface area contributed by atoms with Crippen molar-refractivity contribution >= 4 is 0 Å². The molecule has 19 heavy (non-hydrogen) atoms. The van der Waals surface area contributed by atoms with Crippen molar-refractivity contribution in [2.75, 3.05) is 13.6 Å². The zero-order valence-electron chi connectivity index (χ0n) is 11.0. The second-order valence-electron chi connectivity index (χ2n) is 4.54. The molecule has 0 fully saturated rings. The quantitative estimate of drug-likeness (QED) is 0.896. The molecule has 1 aromatic heterocycles. The van der Waals surface area contributed by atoms with Crippen molar-refractivity contribution in [2.24, 2.45) is 5.73 Å². The average molecular weight is 259 g/mol. The van der Waals surface area contributed by atoms with Gasteiger partial charge in [-0.2, -0.15) is 0 Å². The molecule has 0 amide bonds. The highest BCUT2D eigenvalue weighted by atomic mass is 19.1. The van der Waals surface area contributed by atoms with Crippen molar-refractivity contribution in [1.29, 1.82) is 0 Å². The van der Waals surface area contributed by atoms with Crippen LogP contribution in [0.5, 0.6) is 0 Å². The van der Waals surface area contributed by atoms with Gasteiger partial charge in [-0.05, 0) is 30.8 Å². The van der Waals surface area contributed by atoms with E-state index >= 15 is 0 Å². The van der Waals surface area contributed by atoms with Gasteiger partial charge in [-0.15, -0.1) is 0 Å². The molecule has 0 saturated heterocycles. The highest BCUT2D eigenvalue weighted by molar-refractivity contribution is 5.19. The number of aromatic nitrogens is 1. The van der Waals surface area contributed by atoms with Crippen LogP contribution in [-0.2, 0) is 6.54 Å². The molecule has 1 heterocycles. The molecule has 2 rings (SSSR count). The van der Waals surface area contributed by atoms with Gasteiger partial charge in [0.25, 0.3) is 0 Å². The molecular formula is C15H18FN3. The van der Waals surface area contributed by atoms with E-state index in [0.29, 0.717) is 18.7 Å². The summed E-state index contributed by atoms with van der Waals surface area (Å²) in [6.45, 7) is 1.01. The maximum absolute atomic E-state index is 13.7. The lowest BCUT2D eigenvalue weighted by atomic mass is 10.1. The molecule has 1 atom stereocenters. The lowest BCUT2D eigenvalue weighted by Crippen LogP contribution is -2.30. The van der Waals surface area contributed by atoms with E-state index in [1.807, 2.05) is 30.1 Å². The van der Waals surface area contributed by atoms with Gasteiger partial charge in [-0.25, -0.2) is 4.39 Å². The van der Waals surface area contributed by atoms with Gasteiger partial charge in [0.15, 0.2) is 0 Å². The third-order valence-electron chi connectivity index (χ3n) is 3.22. The smallest absolute Gasteiger partial charge is 0.127 e. The monoisotopic (exact) mass is 259 g/mol. The number of halogens is 1. The first kappa shape index (κ1) is 13.6. The molecule has 4 heteroatoms. The Kier molecular flexibility index (Phi) is 4.60. The summed E-state index contributed by atoms with van der Waals surface area (Å²) < 4.78 is 13.7. The largest absolute Gasteiger partial charge is 0.329 e. The van der Waals surface area contributed by atoms with E-state index in [1.165, 1.54) is 6.07 Å². The first-order valence-electron chi connectivity index (χ1n) is 6.26. The summed E-state index contributed by atoms with van der Waals surface area (Å²) in [6.07, 6.45) is 3.49. The summed E-state index contributed by atoms with van der Waals surface area (Å²) in [5.41, 5.74) is 7.61. The van der Waals surface area contributed by atoms with Crippen molar-refractivity contribution in [3.8, 4) is 0 Å². The number of nitrogens with two attached hydrogens (primary N) is 1. The molecular weight excluding hydrogens is 241 g/mol. The minimum atomic E-state index is -0.181. The summed E-state index contributed by atoms with van der Waals surface area (Å²) in [5, 5.41) is 0. The number of hydrogen-bond acceptors (Lipinski definition) is 3. The van der Waals surface area contributed by atoms with Gasteiger partial charge >= 0.3 is 0 Å². The van der Waals surface area contributed by atoms with E-state index in [0.717, 1.165) is 5.56 Å².